The highest BCUT2D eigenvalue weighted by Gasteiger charge is 2.08. The van der Waals surface area contributed by atoms with E-state index in [0.717, 1.165) is 15.9 Å². The summed E-state index contributed by atoms with van der Waals surface area (Å²) < 4.78 is 0.965. The number of rotatable bonds is 5. The van der Waals surface area contributed by atoms with Crippen LogP contribution in [0.15, 0.2) is 40.2 Å². The number of aryl methyl sites for hydroxylation is 1. The van der Waals surface area contributed by atoms with E-state index in [0.29, 0.717) is 4.88 Å². The van der Waals surface area contributed by atoms with Gasteiger partial charge in [0.15, 0.2) is 0 Å². The van der Waals surface area contributed by atoms with Gasteiger partial charge in [0.1, 0.15) is 0 Å². The third-order valence-electron chi connectivity index (χ3n) is 2.83. The molecule has 2 nitrogen and oxygen atoms in total. The summed E-state index contributed by atoms with van der Waals surface area (Å²) in [5, 5.41) is 2.91. The van der Waals surface area contributed by atoms with Crippen LogP contribution >= 0.6 is 27.3 Å². The van der Waals surface area contributed by atoms with Gasteiger partial charge in [-0.15, -0.1) is 11.3 Å². The number of thiophene rings is 1. The number of nitrogens with one attached hydrogen (secondary N) is 1. The maximum Gasteiger partial charge on any atom is 0.265 e. The van der Waals surface area contributed by atoms with Crippen molar-refractivity contribution in [2.45, 2.75) is 26.2 Å². The van der Waals surface area contributed by atoms with Crippen molar-refractivity contribution in [2.75, 3.05) is 5.32 Å². The minimum absolute atomic E-state index is 0.0583. The van der Waals surface area contributed by atoms with Crippen molar-refractivity contribution in [1.29, 1.82) is 0 Å². The Kier molecular flexibility index (Phi) is 5.16. The Hall–Kier alpha value is -1.13. The lowest BCUT2D eigenvalue weighted by molar-refractivity contribution is 0.103. The van der Waals surface area contributed by atoms with E-state index in [4.69, 9.17) is 0 Å². The molecule has 1 N–H and O–H groups in total. The predicted molar refractivity (Wildman–Crippen MR) is 85.0 cm³/mol. The highest BCUT2D eigenvalue weighted by molar-refractivity contribution is 9.11. The standard InChI is InChI=1S/C15H16BrNOS/c1-2-3-4-11-5-7-12(8-6-11)17-15(18)13-9-10-14(16)19-13/h5-10H,2-4H2,1H3,(H,17,18). The molecule has 0 saturated heterocycles. The van der Waals surface area contributed by atoms with Crippen LogP contribution in [-0.4, -0.2) is 5.91 Å². The lowest BCUT2D eigenvalue weighted by Crippen LogP contribution is -2.09. The van der Waals surface area contributed by atoms with E-state index in [1.165, 1.54) is 29.7 Å². The molecule has 1 aromatic heterocycles. The number of hydrogen-bond donors (Lipinski definition) is 1. The summed E-state index contributed by atoms with van der Waals surface area (Å²) in [5.74, 6) is -0.0583. The van der Waals surface area contributed by atoms with Crippen LogP contribution in [0.1, 0.15) is 35.0 Å². The van der Waals surface area contributed by atoms with Crippen molar-refractivity contribution in [3.63, 3.8) is 0 Å². The van der Waals surface area contributed by atoms with Gasteiger partial charge in [0.05, 0.1) is 8.66 Å². The first-order valence-electron chi connectivity index (χ1n) is 6.34. The van der Waals surface area contributed by atoms with Crippen molar-refractivity contribution in [1.82, 2.24) is 0 Å². The molecule has 1 amide bonds. The summed E-state index contributed by atoms with van der Waals surface area (Å²) >= 11 is 4.79. The predicted octanol–water partition coefficient (Wildman–Crippen LogP) is 5.11. The SMILES string of the molecule is CCCCc1ccc(NC(=O)c2ccc(Br)s2)cc1. The molecule has 0 spiro atoms. The second-order valence-electron chi connectivity index (χ2n) is 4.36. The van der Waals surface area contributed by atoms with E-state index >= 15 is 0 Å². The molecular formula is C15H16BrNOS. The van der Waals surface area contributed by atoms with Crippen molar-refractivity contribution in [2.24, 2.45) is 0 Å². The van der Waals surface area contributed by atoms with Gasteiger partial charge in [-0.3, -0.25) is 4.79 Å². The number of carbonyl (C=O) groups is 1. The topological polar surface area (TPSA) is 29.1 Å². The molecule has 1 aromatic carbocycles. The van der Waals surface area contributed by atoms with Gasteiger partial charge in [-0.05, 0) is 58.6 Å². The van der Waals surface area contributed by atoms with Crippen LogP contribution in [0.25, 0.3) is 0 Å². The Bertz CT molecular complexity index is 548. The lowest BCUT2D eigenvalue weighted by atomic mass is 10.1. The molecule has 0 fully saturated rings. The van der Waals surface area contributed by atoms with Crippen molar-refractivity contribution in [3.8, 4) is 0 Å². The molecule has 0 aliphatic carbocycles. The maximum absolute atomic E-state index is 12.0. The van der Waals surface area contributed by atoms with Gasteiger partial charge in [0.25, 0.3) is 5.91 Å². The molecule has 0 radical (unpaired) electrons. The Balaban J connectivity index is 1.97. The first kappa shape index (κ1) is 14.3. The van der Waals surface area contributed by atoms with E-state index < -0.39 is 0 Å². The number of anilines is 1. The first-order valence-corrected chi connectivity index (χ1v) is 7.95. The van der Waals surface area contributed by atoms with Gasteiger partial charge in [0.2, 0.25) is 0 Å². The molecule has 0 atom stereocenters. The van der Waals surface area contributed by atoms with Crippen LogP contribution in [-0.2, 0) is 6.42 Å². The average molecular weight is 338 g/mol. The monoisotopic (exact) mass is 337 g/mol. The van der Waals surface area contributed by atoms with Crippen molar-refractivity contribution >= 4 is 38.9 Å². The molecule has 0 saturated carbocycles. The van der Waals surface area contributed by atoms with E-state index in [9.17, 15) is 4.79 Å². The first-order chi connectivity index (χ1) is 9.19. The second kappa shape index (κ2) is 6.87. The molecule has 19 heavy (non-hydrogen) atoms. The largest absolute Gasteiger partial charge is 0.321 e. The highest BCUT2D eigenvalue weighted by Crippen LogP contribution is 2.23. The molecular weight excluding hydrogens is 322 g/mol. The van der Waals surface area contributed by atoms with Gasteiger partial charge in [-0.1, -0.05) is 25.5 Å². The van der Waals surface area contributed by atoms with Crippen molar-refractivity contribution < 1.29 is 4.79 Å². The average Bonchev–Trinajstić information content (AvgIpc) is 2.85. The van der Waals surface area contributed by atoms with Crippen LogP contribution in [0, 0.1) is 0 Å². The van der Waals surface area contributed by atoms with Gasteiger partial charge in [-0.25, -0.2) is 0 Å². The number of benzene rings is 1. The summed E-state index contributed by atoms with van der Waals surface area (Å²) in [6.07, 6.45) is 3.50. The van der Waals surface area contributed by atoms with Gasteiger partial charge in [0, 0.05) is 5.69 Å². The van der Waals surface area contributed by atoms with E-state index in [2.05, 4.69) is 40.3 Å². The number of halogens is 1. The fourth-order valence-electron chi connectivity index (χ4n) is 1.76. The lowest BCUT2D eigenvalue weighted by Gasteiger charge is -2.05. The molecule has 0 bridgehead atoms. The highest BCUT2D eigenvalue weighted by atomic mass is 79.9. The number of carbonyl (C=O) groups excluding carboxylic acids is 1. The van der Waals surface area contributed by atoms with Crippen LogP contribution < -0.4 is 5.32 Å². The molecule has 1 heterocycles. The third-order valence-corrected chi connectivity index (χ3v) is 4.45. The Labute approximate surface area is 126 Å². The number of hydrogen-bond acceptors (Lipinski definition) is 2. The van der Waals surface area contributed by atoms with Crippen molar-refractivity contribution in [3.05, 3.63) is 50.6 Å². The van der Waals surface area contributed by atoms with Crippen LogP contribution in [0.5, 0.6) is 0 Å². The Morgan fingerprint density at radius 2 is 1.95 bits per heavy atom. The molecule has 0 aliphatic heterocycles. The van der Waals surface area contributed by atoms with E-state index in [1.807, 2.05) is 24.3 Å². The summed E-state index contributed by atoms with van der Waals surface area (Å²) in [6, 6.07) is 11.8. The number of unbranched alkanes of at least 4 members (excludes halogenated alkanes) is 1. The fourth-order valence-corrected chi connectivity index (χ4v) is 3.05. The van der Waals surface area contributed by atoms with Gasteiger partial charge >= 0.3 is 0 Å². The zero-order valence-electron chi connectivity index (χ0n) is 10.8. The van der Waals surface area contributed by atoms with Gasteiger partial charge < -0.3 is 5.32 Å². The zero-order valence-corrected chi connectivity index (χ0v) is 13.2. The molecule has 2 aromatic rings. The minimum Gasteiger partial charge on any atom is -0.321 e. The molecule has 0 unspecified atom stereocenters. The van der Waals surface area contributed by atoms with E-state index in [1.54, 1.807) is 0 Å². The normalized spacial score (nSPS) is 10.4. The quantitative estimate of drug-likeness (QED) is 0.807. The van der Waals surface area contributed by atoms with Crippen LogP contribution in [0.3, 0.4) is 0 Å². The Morgan fingerprint density at radius 1 is 1.21 bits per heavy atom. The van der Waals surface area contributed by atoms with E-state index in [-0.39, 0.29) is 5.91 Å². The summed E-state index contributed by atoms with van der Waals surface area (Å²) in [5.41, 5.74) is 2.16. The van der Waals surface area contributed by atoms with Crippen LogP contribution in [0.2, 0.25) is 0 Å². The van der Waals surface area contributed by atoms with Gasteiger partial charge in [-0.2, -0.15) is 0 Å². The summed E-state index contributed by atoms with van der Waals surface area (Å²) in [4.78, 5) is 12.7. The summed E-state index contributed by atoms with van der Waals surface area (Å²) in [6.45, 7) is 2.19. The summed E-state index contributed by atoms with van der Waals surface area (Å²) in [7, 11) is 0. The Morgan fingerprint density at radius 3 is 2.53 bits per heavy atom. The van der Waals surface area contributed by atoms with Crippen LogP contribution in [0.4, 0.5) is 5.69 Å². The minimum atomic E-state index is -0.0583. The smallest absolute Gasteiger partial charge is 0.265 e. The molecule has 100 valence electrons. The third kappa shape index (κ3) is 4.18. The number of amides is 1. The maximum atomic E-state index is 12.0. The fraction of sp³-hybridized carbons (Fsp3) is 0.267. The second-order valence-corrected chi connectivity index (χ2v) is 6.82. The molecule has 2 rings (SSSR count). The zero-order chi connectivity index (χ0) is 13.7. The molecule has 4 heteroatoms. The molecule has 0 aliphatic rings.